The maximum atomic E-state index is 13.8. The van der Waals surface area contributed by atoms with Gasteiger partial charge in [-0.15, -0.1) is 0 Å². The zero-order valence-corrected chi connectivity index (χ0v) is 17.5. The molecule has 154 valence electrons. The minimum Gasteiger partial charge on any atom is -0.308 e. The molecule has 0 spiro atoms. The van der Waals surface area contributed by atoms with Crippen molar-refractivity contribution < 1.29 is 4.79 Å². The van der Waals surface area contributed by atoms with Crippen LogP contribution in [0.2, 0.25) is 0 Å². The van der Waals surface area contributed by atoms with Gasteiger partial charge in [-0.05, 0) is 49.1 Å². The molecule has 0 N–H and O–H groups in total. The highest BCUT2D eigenvalue weighted by atomic mass is 16.2. The molecule has 0 radical (unpaired) electrons. The first-order chi connectivity index (χ1) is 15.2. The van der Waals surface area contributed by atoms with E-state index in [0.717, 1.165) is 29.7 Å². The van der Waals surface area contributed by atoms with E-state index in [4.69, 9.17) is 5.10 Å². The van der Waals surface area contributed by atoms with Gasteiger partial charge in [0.05, 0.1) is 12.1 Å². The molecule has 3 heterocycles. The molecule has 2 aromatic heterocycles. The van der Waals surface area contributed by atoms with E-state index in [0.29, 0.717) is 24.3 Å². The zero-order valence-electron chi connectivity index (χ0n) is 17.5. The Hall–Kier alpha value is -3.73. The molecule has 1 aliphatic rings. The number of aromatic nitrogens is 3. The van der Waals surface area contributed by atoms with Crippen molar-refractivity contribution in [2.75, 3.05) is 11.4 Å². The Kier molecular flexibility index (Phi) is 5.08. The molecule has 0 fully saturated rings. The number of anilines is 1. The van der Waals surface area contributed by atoms with Crippen LogP contribution in [0.3, 0.4) is 0 Å². The fraction of sp³-hybridized carbons (Fsp3) is 0.192. The minimum atomic E-state index is -0.0111. The highest BCUT2D eigenvalue weighted by molar-refractivity contribution is 6.10. The van der Waals surface area contributed by atoms with Crippen LogP contribution >= 0.6 is 0 Å². The van der Waals surface area contributed by atoms with E-state index in [9.17, 15) is 4.79 Å². The Bertz CT molecular complexity index is 1210. The first kappa shape index (κ1) is 19.2. The van der Waals surface area contributed by atoms with Gasteiger partial charge in [0.25, 0.3) is 5.91 Å². The third-order valence-electron chi connectivity index (χ3n) is 5.71. The predicted octanol–water partition coefficient (Wildman–Crippen LogP) is 4.89. The van der Waals surface area contributed by atoms with Gasteiger partial charge in [-0.3, -0.25) is 14.5 Å². The number of nitrogens with zero attached hydrogens (tertiary/aromatic N) is 4. The van der Waals surface area contributed by atoms with E-state index in [1.807, 2.05) is 46.1 Å². The van der Waals surface area contributed by atoms with Crippen molar-refractivity contribution in [3.8, 4) is 11.3 Å². The van der Waals surface area contributed by atoms with Crippen molar-refractivity contribution in [2.45, 2.75) is 26.3 Å². The van der Waals surface area contributed by atoms with Crippen molar-refractivity contribution in [1.29, 1.82) is 0 Å². The van der Waals surface area contributed by atoms with Crippen LogP contribution in [-0.2, 0) is 13.0 Å². The molecule has 4 aromatic rings. The lowest BCUT2D eigenvalue weighted by molar-refractivity contribution is 0.0985. The van der Waals surface area contributed by atoms with E-state index in [1.54, 1.807) is 12.4 Å². The summed E-state index contributed by atoms with van der Waals surface area (Å²) in [5.74, 6) is -0.0111. The summed E-state index contributed by atoms with van der Waals surface area (Å²) in [5.41, 5.74) is 6.73. The molecule has 5 heteroatoms. The van der Waals surface area contributed by atoms with Gasteiger partial charge in [0.2, 0.25) is 0 Å². The van der Waals surface area contributed by atoms with Crippen LogP contribution in [0.25, 0.3) is 11.3 Å². The number of carbonyl (C=O) groups is 1. The summed E-state index contributed by atoms with van der Waals surface area (Å²) in [4.78, 5) is 19.9. The van der Waals surface area contributed by atoms with Crippen LogP contribution in [0.1, 0.15) is 33.5 Å². The highest BCUT2D eigenvalue weighted by Crippen LogP contribution is 2.31. The Morgan fingerprint density at radius 2 is 1.94 bits per heavy atom. The van der Waals surface area contributed by atoms with Crippen LogP contribution < -0.4 is 4.90 Å². The van der Waals surface area contributed by atoms with Crippen LogP contribution in [0, 0.1) is 6.92 Å². The molecule has 0 saturated carbocycles. The van der Waals surface area contributed by atoms with Gasteiger partial charge in [0.1, 0.15) is 5.69 Å². The van der Waals surface area contributed by atoms with Crippen LogP contribution in [-0.4, -0.2) is 27.2 Å². The fourth-order valence-corrected chi connectivity index (χ4v) is 4.23. The van der Waals surface area contributed by atoms with Crippen molar-refractivity contribution >= 4 is 11.6 Å². The number of hydrogen-bond acceptors (Lipinski definition) is 3. The van der Waals surface area contributed by atoms with E-state index in [1.165, 1.54) is 11.1 Å². The van der Waals surface area contributed by atoms with Gasteiger partial charge in [-0.25, -0.2) is 0 Å². The Balaban J connectivity index is 1.56. The molecule has 2 aromatic carbocycles. The largest absolute Gasteiger partial charge is 0.308 e. The summed E-state index contributed by atoms with van der Waals surface area (Å²) in [6.45, 7) is 3.41. The first-order valence-corrected chi connectivity index (χ1v) is 10.6. The quantitative estimate of drug-likeness (QED) is 0.483. The minimum absolute atomic E-state index is 0.0111. The zero-order chi connectivity index (χ0) is 21.2. The standard InChI is InChI=1S/C26H24N4O/c1-19-11-12-24-21(15-19)10-6-14-30(24)26(31)23-18-29(17-20-7-3-2-4-8-20)28-25(23)22-9-5-13-27-16-22/h2-5,7-9,11-13,15-16,18H,6,10,14,17H2,1H3. The highest BCUT2D eigenvalue weighted by Gasteiger charge is 2.27. The maximum absolute atomic E-state index is 13.8. The second-order valence-corrected chi connectivity index (χ2v) is 8.01. The van der Waals surface area contributed by atoms with Crippen molar-refractivity contribution in [3.63, 3.8) is 0 Å². The second kappa shape index (κ2) is 8.19. The summed E-state index contributed by atoms with van der Waals surface area (Å²) < 4.78 is 1.85. The van der Waals surface area contributed by atoms with Gasteiger partial charge < -0.3 is 4.90 Å². The summed E-state index contributed by atoms with van der Waals surface area (Å²) >= 11 is 0. The number of amides is 1. The van der Waals surface area contributed by atoms with Gasteiger partial charge in [-0.2, -0.15) is 5.10 Å². The topological polar surface area (TPSA) is 51.0 Å². The summed E-state index contributed by atoms with van der Waals surface area (Å²) in [5, 5.41) is 4.79. The average molecular weight is 409 g/mol. The van der Waals surface area contributed by atoms with Crippen LogP contribution in [0.5, 0.6) is 0 Å². The first-order valence-electron chi connectivity index (χ1n) is 10.6. The number of benzene rings is 2. The summed E-state index contributed by atoms with van der Waals surface area (Å²) in [7, 11) is 0. The van der Waals surface area contributed by atoms with Crippen molar-refractivity contribution in [2.24, 2.45) is 0 Å². The number of hydrogen-bond donors (Lipinski definition) is 0. The molecule has 0 atom stereocenters. The van der Waals surface area contributed by atoms with Crippen molar-refractivity contribution in [1.82, 2.24) is 14.8 Å². The van der Waals surface area contributed by atoms with Gasteiger partial charge in [-0.1, -0.05) is 48.0 Å². The lowest BCUT2D eigenvalue weighted by Gasteiger charge is -2.29. The molecule has 1 aliphatic heterocycles. The van der Waals surface area contributed by atoms with Gasteiger partial charge in [0, 0.05) is 36.4 Å². The predicted molar refractivity (Wildman–Crippen MR) is 122 cm³/mol. The van der Waals surface area contributed by atoms with E-state index in [-0.39, 0.29) is 5.91 Å². The molecule has 1 amide bonds. The smallest absolute Gasteiger partial charge is 0.262 e. The molecule has 5 rings (SSSR count). The maximum Gasteiger partial charge on any atom is 0.262 e. The van der Waals surface area contributed by atoms with E-state index in [2.05, 4.69) is 42.2 Å². The number of carbonyl (C=O) groups excluding carboxylic acids is 1. The molecule has 0 saturated heterocycles. The lowest BCUT2D eigenvalue weighted by Crippen LogP contribution is -2.35. The molecular formula is C26H24N4O. The number of fused-ring (bicyclic) bond motifs is 1. The summed E-state index contributed by atoms with van der Waals surface area (Å²) in [6, 6.07) is 20.3. The molecule has 0 unspecified atom stereocenters. The normalized spacial score (nSPS) is 13.1. The third-order valence-corrected chi connectivity index (χ3v) is 5.71. The second-order valence-electron chi connectivity index (χ2n) is 8.01. The molecule has 0 bridgehead atoms. The van der Waals surface area contributed by atoms with Crippen LogP contribution in [0.4, 0.5) is 5.69 Å². The number of pyridine rings is 1. The molecule has 0 aliphatic carbocycles. The number of rotatable bonds is 4. The monoisotopic (exact) mass is 408 g/mol. The molecule has 31 heavy (non-hydrogen) atoms. The number of aryl methyl sites for hydroxylation is 2. The van der Waals surface area contributed by atoms with Crippen molar-refractivity contribution in [3.05, 3.63) is 102 Å². The van der Waals surface area contributed by atoms with E-state index < -0.39 is 0 Å². The summed E-state index contributed by atoms with van der Waals surface area (Å²) in [6.07, 6.45) is 7.33. The fourth-order valence-electron chi connectivity index (χ4n) is 4.23. The SMILES string of the molecule is Cc1ccc2c(c1)CCCN2C(=O)c1cn(Cc2ccccc2)nc1-c1cccnc1. The lowest BCUT2D eigenvalue weighted by atomic mass is 9.98. The Labute approximate surface area is 182 Å². The average Bonchev–Trinajstić information content (AvgIpc) is 3.23. The molecule has 5 nitrogen and oxygen atoms in total. The third kappa shape index (κ3) is 3.87. The Morgan fingerprint density at radius 1 is 1.06 bits per heavy atom. The van der Waals surface area contributed by atoms with Gasteiger partial charge in [0.15, 0.2) is 0 Å². The molecular weight excluding hydrogens is 384 g/mol. The van der Waals surface area contributed by atoms with E-state index >= 15 is 0 Å². The Morgan fingerprint density at radius 3 is 2.74 bits per heavy atom. The van der Waals surface area contributed by atoms with Gasteiger partial charge >= 0.3 is 0 Å². The van der Waals surface area contributed by atoms with Crippen LogP contribution in [0.15, 0.2) is 79.3 Å².